The Morgan fingerprint density at radius 2 is 2.33 bits per heavy atom. The van der Waals surface area contributed by atoms with Gasteiger partial charge in [-0.15, -0.1) is 5.10 Å². The van der Waals surface area contributed by atoms with E-state index in [-0.39, 0.29) is 12.0 Å². The fraction of sp³-hybridized carbons (Fsp3) is 0.700. The van der Waals surface area contributed by atoms with Gasteiger partial charge in [-0.3, -0.25) is 4.79 Å². The number of aryl methyl sites for hydroxylation is 1. The maximum Gasteiger partial charge on any atom is 0.306 e. The van der Waals surface area contributed by atoms with Crippen LogP contribution in [0.4, 0.5) is 0 Å². The molecule has 5 nitrogen and oxygen atoms in total. The van der Waals surface area contributed by atoms with E-state index >= 15 is 0 Å². The van der Waals surface area contributed by atoms with Gasteiger partial charge in [0.2, 0.25) is 0 Å². The molecule has 1 heterocycles. The average molecular weight is 209 g/mol. The monoisotopic (exact) mass is 209 g/mol. The predicted molar refractivity (Wildman–Crippen MR) is 53.6 cm³/mol. The van der Waals surface area contributed by atoms with Crippen LogP contribution in [-0.2, 0) is 17.6 Å². The van der Waals surface area contributed by atoms with Gasteiger partial charge in [0.05, 0.1) is 17.3 Å². The number of nitrogens with zero attached hydrogens (tertiary/aromatic N) is 3. The second kappa shape index (κ2) is 3.64. The molecule has 2 rings (SSSR count). The van der Waals surface area contributed by atoms with E-state index < -0.39 is 5.97 Å². The molecule has 0 saturated heterocycles. The first-order valence-corrected chi connectivity index (χ1v) is 5.25. The number of hydrogen-bond acceptors (Lipinski definition) is 3. The first-order chi connectivity index (χ1) is 7.09. The third-order valence-electron chi connectivity index (χ3n) is 2.88. The van der Waals surface area contributed by atoms with Crippen LogP contribution in [-0.4, -0.2) is 26.1 Å². The molecular formula is C10H15N3O2. The predicted octanol–water partition coefficient (Wildman–Crippen LogP) is 1.05. The second-order valence-corrected chi connectivity index (χ2v) is 4.30. The minimum Gasteiger partial charge on any atom is -0.481 e. The Balaban J connectivity index is 2.30. The van der Waals surface area contributed by atoms with Crippen LogP contribution in [0.25, 0.3) is 0 Å². The molecule has 0 amide bonds. The fourth-order valence-electron chi connectivity index (χ4n) is 2.02. The smallest absolute Gasteiger partial charge is 0.306 e. The Labute approximate surface area is 88.1 Å². The Morgan fingerprint density at radius 1 is 1.60 bits per heavy atom. The number of fused-ring (bicyclic) bond motifs is 1. The molecule has 1 aromatic rings. The molecule has 1 aliphatic rings. The van der Waals surface area contributed by atoms with Gasteiger partial charge >= 0.3 is 5.97 Å². The highest BCUT2D eigenvalue weighted by Gasteiger charge is 2.28. The fourth-order valence-corrected chi connectivity index (χ4v) is 2.02. The van der Waals surface area contributed by atoms with Crippen molar-refractivity contribution in [1.82, 2.24) is 15.0 Å². The summed E-state index contributed by atoms with van der Waals surface area (Å²) in [7, 11) is 0. The zero-order valence-corrected chi connectivity index (χ0v) is 8.97. The maximum absolute atomic E-state index is 10.9. The third-order valence-corrected chi connectivity index (χ3v) is 2.88. The van der Waals surface area contributed by atoms with Crippen LogP contribution in [0.2, 0.25) is 0 Å². The lowest BCUT2D eigenvalue weighted by Crippen LogP contribution is -2.24. The molecule has 0 aliphatic heterocycles. The van der Waals surface area contributed by atoms with Crippen molar-refractivity contribution >= 4 is 5.97 Å². The first-order valence-electron chi connectivity index (χ1n) is 5.25. The molecule has 1 aliphatic carbocycles. The van der Waals surface area contributed by atoms with Crippen LogP contribution in [0.15, 0.2) is 0 Å². The van der Waals surface area contributed by atoms with E-state index in [0.29, 0.717) is 12.8 Å². The lowest BCUT2D eigenvalue weighted by Gasteiger charge is -2.19. The van der Waals surface area contributed by atoms with Crippen molar-refractivity contribution in [2.75, 3.05) is 0 Å². The molecule has 5 heteroatoms. The summed E-state index contributed by atoms with van der Waals surface area (Å²) in [6.07, 6.45) is 1.98. The van der Waals surface area contributed by atoms with E-state index in [2.05, 4.69) is 10.3 Å². The normalized spacial score (nSPS) is 20.3. The molecule has 0 saturated carbocycles. The molecule has 0 bridgehead atoms. The third kappa shape index (κ3) is 1.73. The molecule has 1 aromatic heterocycles. The quantitative estimate of drug-likeness (QED) is 0.790. The average Bonchev–Trinajstić information content (AvgIpc) is 2.59. The van der Waals surface area contributed by atoms with Crippen molar-refractivity contribution in [3.8, 4) is 0 Å². The van der Waals surface area contributed by atoms with Gasteiger partial charge in [-0.05, 0) is 26.7 Å². The SMILES string of the molecule is CC(C)n1nnc2c1C[C@@H](C(=O)O)CC2. The van der Waals surface area contributed by atoms with Gasteiger partial charge in [0.15, 0.2) is 0 Å². The Kier molecular flexibility index (Phi) is 2.46. The van der Waals surface area contributed by atoms with Crippen LogP contribution < -0.4 is 0 Å². The Bertz CT molecular complexity index is 384. The molecule has 0 aromatic carbocycles. The summed E-state index contributed by atoms with van der Waals surface area (Å²) in [6, 6.07) is 0.244. The molecule has 0 spiro atoms. The molecule has 1 atom stereocenters. The molecule has 15 heavy (non-hydrogen) atoms. The van der Waals surface area contributed by atoms with Gasteiger partial charge < -0.3 is 5.11 Å². The van der Waals surface area contributed by atoms with Crippen LogP contribution in [0.5, 0.6) is 0 Å². The largest absolute Gasteiger partial charge is 0.481 e. The van der Waals surface area contributed by atoms with E-state index in [1.807, 2.05) is 18.5 Å². The van der Waals surface area contributed by atoms with Crippen molar-refractivity contribution in [2.45, 2.75) is 39.2 Å². The summed E-state index contributed by atoms with van der Waals surface area (Å²) in [5.74, 6) is -0.981. The van der Waals surface area contributed by atoms with Gasteiger partial charge in [-0.2, -0.15) is 0 Å². The molecule has 0 fully saturated rings. The number of rotatable bonds is 2. The highest BCUT2D eigenvalue weighted by molar-refractivity contribution is 5.70. The van der Waals surface area contributed by atoms with E-state index in [9.17, 15) is 4.79 Å². The zero-order valence-electron chi connectivity index (χ0n) is 8.97. The van der Waals surface area contributed by atoms with Gasteiger partial charge in [-0.25, -0.2) is 4.68 Å². The number of carboxylic acid groups (broad SMARTS) is 1. The van der Waals surface area contributed by atoms with Crippen LogP contribution in [0.1, 0.15) is 37.7 Å². The minimum atomic E-state index is -0.711. The number of aliphatic carboxylic acids is 1. The standard InChI is InChI=1S/C10H15N3O2/c1-6(2)13-9-5-7(10(14)15)3-4-8(9)11-12-13/h6-7H,3-5H2,1-2H3,(H,14,15)/t7-/m0/s1. The number of hydrogen-bond donors (Lipinski definition) is 1. The van der Waals surface area contributed by atoms with Crippen molar-refractivity contribution in [1.29, 1.82) is 0 Å². The molecule has 82 valence electrons. The molecule has 0 unspecified atom stereocenters. The summed E-state index contributed by atoms with van der Waals surface area (Å²) in [4.78, 5) is 10.9. The first kappa shape index (κ1) is 10.1. The van der Waals surface area contributed by atoms with Gasteiger partial charge in [0.1, 0.15) is 0 Å². The lowest BCUT2D eigenvalue weighted by atomic mass is 9.89. The summed E-state index contributed by atoms with van der Waals surface area (Å²) in [6.45, 7) is 4.05. The van der Waals surface area contributed by atoms with Crippen LogP contribution in [0.3, 0.4) is 0 Å². The van der Waals surface area contributed by atoms with Crippen LogP contribution in [0, 0.1) is 5.92 Å². The van der Waals surface area contributed by atoms with Crippen molar-refractivity contribution in [3.05, 3.63) is 11.4 Å². The minimum absolute atomic E-state index is 0.244. The van der Waals surface area contributed by atoms with Gasteiger partial charge in [0.25, 0.3) is 0 Å². The molecule has 0 radical (unpaired) electrons. The lowest BCUT2D eigenvalue weighted by molar-refractivity contribution is -0.142. The molecular weight excluding hydrogens is 194 g/mol. The molecule has 1 N–H and O–H groups in total. The summed E-state index contributed by atoms with van der Waals surface area (Å²) in [5.41, 5.74) is 1.98. The van der Waals surface area contributed by atoms with E-state index in [0.717, 1.165) is 17.8 Å². The topological polar surface area (TPSA) is 68.0 Å². The van der Waals surface area contributed by atoms with E-state index in [4.69, 9.17) is 5.11 Å². The highest BCUT2D eigenvalue weighted by atomic mass is 16.4. The summed E-state index contributed by atoms with van der Waals surface area (Å²) < 4.78 is 1.84. The maximum atomic E-state index is 10.9. The Hall–Kier alpha value is -1.39. The summed E-state index contributed by atoms with van der Waals surface area (Å²) >= 11 is 0. The number of carboxylic acids is 1. The van der Waals surface area contributed by atoms with Crippen molar-refractivity contribution in [3.63, 3.8) is 0 Å². The van der Waals surface area contributed by atoms with Gasteiger partial charge in [-0.1, -0.05) is 5.21 Å². The van der Waals surface area contributed by atoms with Gasteiger partial charge in [0, 0.05) is 12.5 Å². The van der Waals surface area contributed by atoms with Crippen LogP contribution >= 0.6 is 0 Å². The van der Waals surface area contributed by atoms with Crippen molar-refractivity contribution in [2.24, 2.45) is 5.92 Å². The van der Waals surface area contributed by atoms with E-state index in [1.54, 1.807) is 0 Å². The van der Waals surface area contributed by atoms with E-state index in [1.165, 1.54) is 0 Å². The number of carbonyl (C=O) groups is 1. The second-order valence-electron chi connectivity index (χ2n) is 4.30. The number of aromatic nitrogens is 3. The van der Waals surface area contributed by atoms with Crippen molar-refractivity contribution < 1.29 is 9.90 Å². The Morgan fingerprint density at radius 3 is 2.93 bits per heavy atom. The highest BCUT2D eigenvalue weighted by Crippen LogP contribution is 2.25. The zero-order chi connectivity index (χ0) is 11.0. The summed E-state index contributed by atoms with van der Waals surface area (Å²) in [5, 5.41) is 17.1.